The standard InChI is InChI=1S/C35H35F3N2/c1-25(2)34(24-39,29-11-7-12-30(23-29)35(36,37)38)19-8-20-40-21-17-28(18-22-40)33-31-13-5-3-9-26(31)15-16-27-10-4-6-14-32(27)33/h3-7,9-16,23,25H,8,17-22H2,1-2H3. The molecule has 0 saturated carbocycles. The van der Waals surface area contributed by atoms with Crippen LogP contribution < -0.4 is 0 Å². The molecule has 3 aromatic carbocycles. The number of hydrogen-bond donors (Lipinski definition) is 0. The van der Waals surface area contributed by atoms with E-state index in [1.165, 1.54) is 45.5 Å². The van der Waals surface area contributed by atoms with Crippen LogP contribution in [-0.2, 0) is 11.6 Å². The fourth-order valence-electron chi connectivity index (χ4n) is 6.31. The quantitative estimate of drug-likeness (QED) is 0.244. The van der Waals surface area contributed by atoms with Gasteiger partial charge < -0.3 is 4.90 Å². The maximum atomic E-state index is 13.4. The lowest BCUT2D eigenvalue weighted by Gasteiger charge is -2.34. The van der Waals surface area contributed by atoms with Crippen molar-refractivity contribution in [2.45, 2.75) is 51.1 Å². The lowest BCUT2D eigenvalue weighted by molar-refractivity contribution is -0.137. The van der Waals surface area contributed by atoms with Gasteiger partial charge in [0.05, 0.1) is 17.0 Å². The summed E-state index contributed by atoms with van der Waals surface area (Å²) in [7, 11) is 0. The third kappa shape index (κ3) is 5.51. The highest BCUT2D eigenvalue weighted by atomic mass is 19.4. The summed E-state index contributed by atoms with van der Waals surface area (Å²) in [5, 5.41) is 10.2. The summed E-state index contributed by atoms with van der Waals surface area (Å²) in [4.78, 5) is 2.44. The molecule has 206 valence electrons. The first-order valence-electron chi connectivity index (χ1n) is 14.1. The molecule has 3 aromatic rings. The maximum absolute atomic E-state index is 13.4. The molecule has 5 heteroatoms. The molecular formula is C35H35F3N2. The van der Waals surface area contributed by atoms with Gasteiger partial charge in [0.2, 0.25) is 0 Å². The summed E-state index contributed by atoms with van der Waals surface area (Å²) >= 11 is 0. The van der Waals surface area contributed by atoms with E-state index in [1.807, 2.05) is 13.8 Å². The van der Waals surface area contributed by atoms with E-state index in [2.05, 4.69) is 71.7 Å². The van der Waals surface area contributed by atoms with E-state index < -0.39 is 17.2 Å². The molecule has 0 N–H and O–H groups in total. The van der Waals surface area contributed by atoms with E-state index in [0.717, 1.165) is 45.0 Å². The molecule has 0 aromatic heterocycles. The molecule has 40 heavy (non-hydrogen) atoms. The fraction of sp³-hybridized carbons (Fsp3) is 0.343. The summed E-state index contributed by atoms with van der Waals surface area (Å²) in [6.45, 7) is 6.55. The molecule has 2 aliphatic rings. The van der Waals surface area contributed by atoms with E-state index in [4.69, 9.17) is 0 Å². The van der Waals surface area contributed by atoms with Crippen molar-refractivity contribution in [3.63, 3.8) is 0 Å². The van der Waals surface area contributed by atoms with Crippen LogP contribution >= 0.6 is 0 Å². The molecule has 1 saturated heterocycles. The Bertz CT molecular complexity index is 1410. The van der Waals surface area contributed by atoms with Crippen LogP contribution in [0.4, 0.5) is 13.2 Å². The summed E-state index contributed by atoms with van der Waals surface area (Å²) in [6.07, 6.45) is 3.21. The Kier molecular flexibility index (Phi) is 8.01. The topological polar surface area (TPSA) is 27.0 Å². The van der Waals surface area contributed by atoms with Gasteiger partial charge in [0, 0.05) is 13.1 Å². The summed E-state index contributed by atoms with van der Waals surface area (Å²) < 4.78 is 40.2. The van der Waals surface area contributed by atoms with Crippen LogP contribution in [0.1, 0.15) is 72.9 Å². The van der Waals surface area contributed by atoms with Crippen molar-refractivity contribution in [1.82, 2.24) is 4.90 Å². The average Bonchev–Trinajstić information content (AvgIpc) is 3.12. The summed E-state index contributed by atoms with van der Waals surface area (Å²) in [6, 6.07) is 24.9. The van der Waals surface area contributed by atoms with Gasteiger partial charge in [-0.3, -0.25) is 0 Å². The van der Waals surface area contributed by atoms with E-state index >= 15 is 0 Å². The largest absolute Gasteiger partial charge is 0.416 e. The van der Waals surface area contributed by atoms with E-state index in [9.17, 15) is 18.4 Å². The van der Waals surface area contributed by atoms with Crippen LogP contribution in [0.5, 0.6) is 0 Å². The molecule has 1 unspecified atom stereocenters. The fourth-order valence-corrected chi connectivity index (χ4v) is 6.31. The van der Waals surface area contributed by atoms with Gasteiger partial charge in [0.25, 0.3) is 0 Å². The second-order valence-electron chi connectivity index (χ2n) is 11.2. The van der Waals surface area contributed by atoms with Crippen molar-refractivity contribution in [3.8, 4) is 6.07 Å². The number of alkyl halides is 3. The number of nitriles is 1. The Balaban J connectivity index is 1.31. The summed E-state index contributed by atoms with van der Waals surface area (Å²) in [5.74, 6) is -0.109. The zero-order valence-electron chi connectivity index (χ0n) is 23.1. The molecule has 1 aliphatic heterocycles. The highest BCUT2D eigenvalue weighted by Gasteiger charge is 2.38. The van der Waals surface area contributed by atoms with Gasteiger partial charge in [0.1, 0.15) is 0 Å². The van der Waals surface area contributed by atoms with Gasteiger partial charge in [-0.25, -0.2) is 0 Å². The number of halogens is 3. The predicted octanol–water partition coefficient (Wildman–Crippen LogP) is 8.98. The lowest BCUT2D eigenvalue weighted by Crippen LogP contribution is -2.35. The Morgan fingerprint density at radius 1 is 0.825 bits per heavy atom. The van der Waals surface area contributed by atoms with Crippen LogP contribution in [0.15, 0.2) is 78.4 Å². The molecule has 2 nitrogen and oxygen atoms in total. The Morgan fingerprint density at radius 2 is 1.40 bits per heavy atom. The molecule has 5 rings (SSSR count). The molecule has 0 amide bonds. The van der Waals surface area contributed by atoms with Crippen molar-refractivity contribution in [1.29, 1.82) is 5.26 Å². The molecule has 0 spiro atoms. The minimum absolute atomic E-state index is 0.109. The first-order chi connectivity index (χ1) is 19.2. The van der Waals surface area contributed by atoms with Gasteiger partial charge in [0.15, 0.2) is 0 Å². The third-order valence-corrected chi connectivity index (χ3v) is 8.65. The Morgan fingerprint density at radius 3 is 1.95 bits per heavy atom. The van der Waals surface area contributed by atoms with Gasteiger partial charge in [-0.15, -0.1) is 0 Å². The first kappa shape index (κ1) is 27.9. The number of rotatable bonds is 6. The number of benzene rings is 3. The van der Waals surface area contributed by atoms with Crippen molar-refractivity contribution in [3.05, 3.63) is 112 Å². The van der Waals surface area contributed by atoms with Crippen molar-refractivity contribution in [2.24, 2.45) is 5.92 Å². The van der Waals surface area contributed by atoms with Crippen molar-refractivity contribution < 1.29 is 13.2 Å². The zero-order chi connectivity index (χ0) is 28.3. The SMILES string of the molecule is CC(C)C(C#N)(CCCN1CCC(=C2c3ccccc3C=Cc3ccccc32)CC1)c1cccc(C(F)(F)F)c1. The predicted molar refractivity (Wildman–Crippen MR) is 156 cm³/mol. The van der Waals surface area contributed by atoms with E-state index in [1.54, 1.807) is 6.07 Å². The van der Waals surface area contributed by atoms with Gasteiger partial charge in [-0.2, -0.15) is 18.4 Å². The molecule has 1 heterocycles. The molecule has 0 bridgehead atoms. The number of piperidine rings is 1. The summed E-state index contributed by atoms with van der Waals surface area (Å²) in [5.41, 5.74) is 6.67. The molecule has 0 radical (unpaired) electrons. The van der Waals surface area contributed by atoms with Crippen molar-refractivity contribution in [2.75, 3.05) is 19.6 Å². The highest BCUT2D eigenvalue weighted by molar-refractivity contribution is 5.94. The number of nitrogens with zero attached hydrogens (tertiary/aromatic N) is 2. The van der Waals surface area contributed by atoms with Crippen molar-refractivity contribution >= 4 is 17.7 Å². The molecule has 1 fully saturated rings. The highest BCUT2D eigenvalue weighted by Crippen LogP contribution is 2.41. The molecule has 1 aliphatic carbocycles. The van der Waals surface area contributed by atoms with E-state index in [-0.39, 0.29) is 5.92 Å². The lowest BCUT2D eigenvalue weighted by atomic mass is 9.69. The van der Waals surface area contributed by atoms with Crippen LogP contribution in [0.25, 0.3) is 17.7 Å². The number of hydrogen-bond acceptors (Lipinski definition) is 2. The second kappa shape index (κ2) is 11.5. The Labute approximate surface area is 235 Å². The number of fused-ring (bicyclic) bond motifs is 2. The number of likely N-dealkylation sites (tertiary alicyclic amines) is 1. The second-order valence-corrected chi connectivity index (χ2v) is 11.2. The zero-order valence-corrected chi connectivity index (χ0v) is 23.1. The smallest absolute Gasteiger partial charge is 0.303 e. The van der Waals surface area contributed by atoms with Gasteiger partial charge >= 0.3 is 6.18 Å². The van der Waals surface area contributed by atoms with Crippen LogP contribution in [0, 0.1) is 17.2 Å². The van der Waals surface area contributed by atoms with Crippen LogP contribution in [0.2, 0.25) is 0 Å². The normalized spacial score (nSPS) is 17.1. The average molecular weight is 541 g/mol. The van der Waals surface area contributed by atoms with Gasteiger partial charge in [-0.1, -0.05) is 98.3 Å². The minimum atomic E-state index is -4.43. The van der Waals surface area contributed by atoms with Gasteiger partial charge in [-0.05, 0) is 77.6 Å². The van der Waals surface area contributed by atoms with E-state index in [0.29, 0.717) is 12.0 Å². The maximum Gasteiger partial charge on any atom is 0.416 e. The van der Waals surface area contributed by atoms with Crippen LogP contribution in [0.3, 0.4) is 0 Å². The minimum Gasteiger partial charge on any atom is -0.303 e. The third-order valence-electron chi connectivity index (χ3n) is 8.65. The monoisotopic (exact) mass is 540 g/mol. The molecular weight excluding hydrogens is 505 g/mol. The Hall–Kier alpha value is -3.62. The molecule has 1 atom stereocenters. The van der Waals surface area contributed by atoms with Crippen LogP contribution in [-0.4, -0.2) is 24.5 Å². The first-order valence-corrected chi connectivity index (χ1v) is 14.1.